The van der Waals surface area contributed by atoms with Gasteiger partial charge in [-0.25, -0.2) is 9.59 Å². The molecular formula is C11H11NO4. The molecule has 0 aliphatic rings. The number of benzene rings is 1. The largest absolute Gasteiger partial charge is 0.478 e. The Morgan fingerprint density at radius 1 is 1.38 bits per heavy atom. The minimum Gasteiger partial charge on any atom is -0.478 e. The van der Waals surface area contributed by atoms with Crippen LogP contribution in [0.3, 0.4) is 0 Å². The van der Waals surface area contributed by atoms with E-state index >= 15 is 0 Å². The number of aromatic carboxylic acids is 1. The van der Waals surface area contributed by atoms with Crippen molar-refractivity contribution in [1.82, 2.24) is 0 Å². The number of carboxylic acids is 1. The molecule has 5 heteroatoms. The second kappa shape index (κ2) is 5.55. The summed E-state index contributed by atoms with van der Waals surface area (Å²) < 4.78 is 4.69. The fraction of sp³-hybridized carbons (Fsp3) is 0.0909. The number of nitrogens with one attached hydrogen (secondary N) is 1. The van der Waals surface area contributed by atoms with Gasteiger partial charge in [0, 0.05) is 5.69 Å². The van der Waals surface area contributed by atoms with Crippen molar-refractivity contribution in [3.63, 3.8) is 0 Å². The van der Waals surface area contributed by atoms with Gasteiger partial charge in [0.1, 0.15) is 6.61 Å². The topological polar surface area (TPSA) is 75.6 Å². The van der Waals surface area contributed by atoms with Gasteiger partial charge in [-0.3, -0.25) is 5.32 Å². The van der Waals surface area contributed by atoms with Crippen LogP contribution in [-0.2, 0) is 4.74 Å². The van der Waals surface area contributed by atoms with Crippen LogP contribution < -0.4 is 5.32 Å². The number of hydrogen-bond acceptors (Lipinski definition) is 3. The number of carbonyl (C=O) groups excluding carboxylic acids is 1. The Morgan fingerprint density at radius 2 is 2.00 bits per heavy atom. The van der Waals surface area contributed by atoms with Crippen molar-refractivity contribution in [3.8, 4) is 0 Å². The molecule has 0 saturated heterocycles. The molecule has 0 saturated carbocycles. The van der Waals surface area contributed by atoms with Gasteiger partial charge >= 0.3 is 12.1 Å². The van der Waals surface area contributed by atoms with Gasteiger partial charge in [0.05, 0.1) is 5.56 Å². The quantitative estimate of drug-likeness (QED) is 0.763. The van der Waals surface area contributed by atoms with Crippen LogP contribution in [0.15, 0.2) is 36.9 Å². The molecule has 1 rings (SSSR count). The van der Waals surface area contributed by atoms with E-state index in [1.807, 2.05) is 0 Å². The first-order valence-electron chi connectivity index (χ1n) is 4.51. The summed E-state index contributed by atoms with van der Waals surface area (Å²) in [7, 11) is 0. The molecule has 0 spiro atoms. The number of anilines is 1. The van der Waals surface area contributed by atoms with E-state index in [0.717, 1.165) is 0 Å². The third-order valence-corrected chi connectivity index (χ3v) is 1.71. The molecule has 0 aliphatic heterocycles. The van der Waals surface area contributed by atoms with Crippen molar-refractivity contribution in [2.75, 3.05) is 11.9 Å². The fourth-order valence-electron chi connectivity index (χ4n) is 0.985. The Morgan fingerprint density at radius 3 is 2.50 bits per heavy atom. The van der Waals surface area contributed by atoms with Crippen molar-refractivity contribution in [1.29, 1.82) is 0 Å². The number of rotatable bonds is 4. The third kappa shape index (κ3) is 3.45. The van der Waals surface area contributed by atoms with Gasteiger partial charge in [-0.1, -0.05) is 12.7 Å². The monoisotopic (exact) mass is 221 g/mol. The summed E-state index contributed by atoms with van der Waals surface area (Å²) in [6.07, 6.45) is 0.843. The van der Waals surface area contributed by atoms with Crippen LogP contribution in [0.2, 0.25) is 0 Å². The zero-order valence-corrected chi connectivity index (χ0v) is 8.47. The lowest BCUT2D eigenvalue weighted by molar-refractivity contribution is 0.0697. The maximum atomic E-state index is 11.1. The van der Waals surface area contributed by atoms with Gasteiger partial charge in [-0.05, 0) is 24.3 Å². The molecule has 1 aromatic rings. The fourth-order valence-corrected chi connectivity index (χ4v) is 0.985. The SMILES string of the molecule is C=CCOC(=O)Nc1ccc(C(=O)O)cc1. The Balaban J connectivity index is 2.58. The second-order valence-electron chi connectivity index (χ2n) is 2.89. The normalized spacial score (nSPS) is 9.25. The number of carboxylic acid groups (broad SMARTS) is 1. The molecule has 0 fully saturated rings. The van der Waals surface area contributed by atoms with Crippen LogP contribution in [0.4, 0.5) is 10.5 Å². The van der Waals surface area contributed by atoms with Crippen molar-refractivity contribution in [2.24, 2.45) is 0 Å². The summed E-state index contributed by atoms with van der Waals surface area (Å²) >= 11 is 0. The molecule has 0 bridgehead atoms. The molecule has 0 atom stereocenters. The third-order valence-electron chi connectivity index (χ3n) is 1.71. The molecule has 0 unspecified atom stereocenters. The zero-order chi connectivity index (χ0) is 12.0. The van der Waals surface area contributed by atoms with Crippen LogP contribution in [0.25, 0.3) is 0 Å². The first kappa shape index (κ1) is 11.8. The summed E-state index contributed by atoms with van der Waals surface area (Å²) in [5.74, 6) is -1.01. The summed E-state index contributed by atoms with van der Waals surface area (Å²) in [6, 6.07) is 5.76. The predicted octanol–water partition coefficient (Wildman–Crippen LogP) is 2.12. The van der Waals surface area contributed by atoms with E-state index in [1.54, 1.807) is 0 Å². The standard InChI is InChI=1S/C11H11NO4/c1-2-7-16-11(15)12-9-5-3-8(4-6-9)10(13)14/h2-6H,1,7H2,(H,12,15)(H,13,14). The van der Waals surface area contributed by atoms with Gasteiger partial charge in [0.2, 0.25) is 0 Å². The summed E-state index contributed by atoms with van der Waals surface area (Å²) in [5.41, 5.74) is 0.629. The van der Waals surface area contributed by atoms with Crippen LogP contribution in [-0.4, -0.2) is 23.8 Å². The highest BCUT2D eigenvalue weighted by atomic mass is 16.5. The summed E-state index contributed by atoms with van der Waals surface area (Å²) in [5, 5.41) is 11.1. The molecular weight excluding hydrogens is 210 g/mol. The van der Waals surface area contributed by atoms with Crippen LogP contribution in [0, 0.1) is 0 Å². The lowest BCUT2D eigenvalue weighted by Crippen LogP contribution is -2.13. The molecule has 5 nitrogen and oxygen atoms in total. The predicted molar refractivity (Wildman–Crippen MR) is 58.6 cm³/mol. The number of amides is 1. The van der Waals surface area contributed by atoms with Gasteiger partial charge in [0.15, 0.2) is 0 Å². The first-order chi connectivity index (χ1) is 7.63. The Kier molecular flexibility index (Phi) is 4.08. The molecule has 0 aliphatic carbocycles. The maximum absolute atomic E-state index is 11.1. The minimum atomic E-state index is -1.01. The number of ether oxygens (including phenoxy) is 1. The second-order valence-corrected chi connectivity index (χ2v) is 2.89. The van der Waals surface area contributed by atoms with Gasteiger partial charge in [0.25, 0.3) is 0 Å². The van der Waals surface area contributed by atoms with Crippen LogP contribution in [0.1, 0.15) is 10.4 Å². The highest BCUT2D eigenvalue weighted by molar-refractivity contribution is 5.89. The summed E-state index contributed by atoms with van der Waals surface area (Å²) in [4.78, 5) is 21.6. The summed E-state index contributed by atoms with van der Waals surface area (Å²) in [6.45, 7) is 3.52. The smallest absolute Gasteiger partial charge is 0.411 e. The molecule has 0 radical (unpaired) electrons. The number of hydrogen-bond donors (Lipinski definition) is 2. The highest BCUT2D eigenvalue weighted by Crippen LogP contribution is 2.09. The lowest BCUT2D eigenvalue weighted by Gasteiger charge is -2.05. The average Bonchev–Trinajstić information content (AvgIpc) is 2.27. The molecule has 0 aromatic heterocycles. The molecule has 16 heavy (non-hydrogen) atoms. The van der Waals surface area contributed by atoms with E-state index in [9.17, 15) is 9.59 Å². The van der Waals surface area contributed by atoms with Crippen molar-refractivity contribution >= 4 is 17.7 Å². The van der Waals surface area contributed by atoms with Crippen molar-refractivity contribution < 1.29 is 19.4 Å². The zero-order valence-electron chi connectivity index (χ0n) is 8.47. The Hall–Kier alpha value is -2.30. The lowest BCUT2D eigenvalue weighted by atomic mass is 10.2. The van der Waals surface area contributed by atoms with Crippen LogP contribution >= 0.6 is 0 Å². The van der Waals surface area contributed by atoms with E-state index in [1.165, 1.54) is 30.3 Å². The van der Waals surface area contributed by atoms with E-state index in [-0.39, 0.29) is 12.2 Å². The molecule has 1 aromatic carbocycles. The maximum Gasteiger partial charge on any atom is 0.411 e. The molecule has 84 valence electrons. The van der Waals surface area contributed by atoms with Crippen LogP contribution in [0.5, 0.6) is 0 Å². The minimum absolute atomic E-state index is 0.124. The van der Waals surface area contributed by atoms with Crippen molar-refractivity contribution in [2.45, 2.75) is 0 Å². The van der Waals surface area contributed by atoms with E-state index < -0.39 is 12.1 Å². The molecule has 1 amide bonds. The van der Waals surface area contributed by atoms with Gasteiger partial charge in [-0.2, -0.15) is 0 Å². The average molecular weight is 221 g/mol. The Labute approximate surface area is 92.3 Å². The van der Waals surface area contributed by atoms with Gasteiger partial charge < -0.3 is 9.84 Å². The molecule has 2 N–H and O–H groups in total. The van der Waals surface area contributed by atoms with Gasteiger partial charge in [-0.15, -0.1) is 0 Å². The van der Waals surface area contributed by atoms with E-state index in [4.69, 9.17) is 5.11 Å². The Bertz CT molecular complexity index is 397. The van der Waals surface area contributed by atoms with E-state index in [0.29, 0.717) is 5.69 Å². The molecule has 0 heterocycles. The van der Waals surface area contributed by atoms with Crippen molar-refractivity contribution in [3.05, 3.63) is 42.5 Å². The highest BCUT2D eigenvalue weighted by Gasteiger charge is 2.04. The number of carbonyl (C=O) groups is 2. The first-order valence-corrected chi connectivity index (χ1v) is 4.51. The van der Waals surface area contributed by atoms with E-state index in [2.05, 4.69) is 16.6 Å².